The van der Waals surface area contributed by atoms with Crippen molar-refractivity contribution in [2.45, 2.75) is 19.3 Å². The van der Waals surface area contributed by atoms with E-state index < -0.39 is 0 Å². The third-order valence-electron chi connectivity index (χ3n) is 3.35. The summed E-state index contributed by atoms with van der Waals surface area (Å²) in [6.07, 6.45) is 1.65. The molecule has 4 nitrogen and oxygen atoms in total. The van der Waals surface area contributed by atoms with E-state index in [2.05, 4.69) is 4.74 Å². The standard InChI is InChI=1S/C14H16O4/c1-17-11-5-6-12-9(7-11)3-4-10(14(12)16)8-13(15)18-2/h5-7,10H,3-4,8H2,1-2H3. The highest BCUT2D eigenvalue weighted by molar-refractivity contribution is 6.01. The first-order valence-electron chi connectivity index (χ1n) is 5.93. The number of Topliss-reactive ketones (excluding diaryl/α,β-unsaturated/α-hetero) is 1. The van der Waals surface area contributed by atoms with Crippen molar-refractivity contribution in [1.82, 2.24) is 0 Å². The van der Waals surface area contributed by atoms with Crippen LogP contribution in [0.25, 0.3) is 0 Å². The number of carbonyl (C=O) groups is 2. The van der Waals surface area contributed by atoms with Gasteiger partial charge in [0.2, 0.25) is 0 Å². The van der Waals surface area contributed by atoms with Crippen molar-refractivity contribution in [1.29, 1.82) is 0 Å². The van der Waals surface area contributed by atoms with Gasteiger partial charge in [0.05, 0.1) is 20.6 Å². The number of rotatable bonds is 3. The number of ketones is 1. The van der Waals surface area contributed by atoms with Gasteiger partial charge in [-0.1, -0.05) is 0 Å². The first-order chi connectivity index (χ1) is 8.65. The number of carbonyl (C=O) groups excluding carboxylic acids is 2. The lowest BCUT2D eigenvalue weighted by molar-refractivity contribution is -0.141. The first kappa shape index (κ1) is 12.6. The fourth-order valence-electron chi connectivity index (χ4n) is 2.30. The van der Waals surface area contributed by atoms with Crippen molar-refractivity contribution >= 4 is 11.8 Å². The van der Waals surface area contributed by atoms with E-state index in [0.717, 1.165) is 17.7 Å². The minimum Gasteiger partial charge on any atom is -0.497 e. The van der Waals surface area contributed by atoms with Crippen molar-refractivity contribution in [2.75, 3.05) is 14.2 Å². The lowest BCUT2D eigenvalue weighted by Crippen LogP contribution is -2.25. The minimum atomic E-state index is -0.328. The molecular weight excluding hydrogens is 232 g/mol. The molecule has 0 spiro atoms. The third-order valence-corrected chi connectivity index (χ3v) is 3.35. The van der Waals surface area contributed by atoms with Crippen LogP contribution in [0.5, 0.6) is 5.75 Å². The van der Waals surface area contributed by atoms with Crippen molar-refractivity contribution in [3.05, 3.63) is 29.3 Å². The molecule has 0 fully saturated rings. The quantitative estimate of drug-likeness (QED) is 0.768. The zero-order valence-corrected chi connectivity index (χ0v) is 10.6. The Kier molecular flexibility index (Phi) is 3.65. The number of fused-ring (bicyclic) bond motifs is 1. The number of hydrogen-bond donors (Lipinski definition) is 0. The number of aryl methyl sites for hydroxylation is 1. The van der Waals surface area contributed by atoms with Gasteiger partial charge in [-0.3, -0.25) is 9.59 Å². The predicted molar refractivity (Wildman–Crippen MR) is 65.8 cm³/mol. The summed E-state index contributed by atoms with van der Waals surface area (Å²) in [7, 11) is 2.95. The number of ether oxygens (including phenoxy) is 2. The molecule has 1 aromatic rings. The van der Waals surface area contributed by atoms with Gasteiger partial charge in [-0.25, -0.2) is 0 Å². The second kappa shape index (κ2) is 5.21. The molecule has 1 atom stereocenters. The second-order valence-corrected chi connectivity index (χ2v) is 4.40. The lowest BCUT2D eigenvalue weighted by Gasteiger charge is -2.22. The second-order valence-electron chi connectivity index (χ2n) is 4.40. The summed E-state index contributed by atoms with van der Waals surface area (Å²) in [6, 6.07) is 5.44. The van der Waals surface area contributed by atoms with E-state index in [1.165, 1.54) is 7.11 Å². The van der Waals surface area contributed by atoms with Crippen molar-refractivity contribution in [2.24, 2.45) is 5.92 Å². The highest BCUT2D eigenvalue weighted by Gasteiger charge is 2.29. The molecule has 18 heavy (non-hydrogen) atoms. The van der Waals surface area contributed by atoms with Gasteiger partial charge in [0.1, 0.15) is 5.75 Å². The number of esters is 1. The molecule has 4 heteroatoms. The molecule has 0 saturated carbocycles. The van der Waals surface area contributed by atoms with Gasteiger partial charge in [-0.15, -0.1) is 0 Å². The van der Waals surface area contributed by atoms with Crippen LogP contribution in [-0.4, -0.2) is 26.0 Å². The molecule has 0 aromatic heterocycles. The highest BCUT2D eigenvalue weighted by Crippen LogP contribution is 2.30. The van der Waals surface area contributed by atoms with E-state index >= 15 is 0 Å². The summed E-state index contributed by atoms with van der Waals surface area (Å²) in [4.78, 5) is 23.5. The monoisotopic (exact) mass is 248 g/mol. The van der Waals surface area contributed by atoms with Crippen LogP contribution in [0.3, 0.4) is 0 Å². The Balaban J connectivity index is 2.21. The van der Waals surface area contributed by atoms with Crippen molar-refractivity contribution in [3.8, 4) is 5.75 Å². The van der Waals surface area contributed by atoms with E-state index in [0.29, 0.717) is 12.0 Å². The number of methoxy groups -OCH3 is 2. The maximum atomic E-state index is 12.2. The Morgan fingerprint density at radius 3 is 2.83 bits per heavy atom. The molecule has 96 valence electrons. The smallest absolute Gasteiger partial charge is 0.306 e. The normalized spacial score (nSPS) is 18.1. The molecular formula is C14H16O4. The van der Waals surface area contributed by atoms with Crippen molar-refractivity contribution < 1.29 is 19.1 Å². The molecule has 0 amide bonds. The van der Waals surface area contributed by atoms with E-state index in [-0.39, 0.29) is 24.1 Å². The van der Waals surface area contributed by atoms with Gasteiger partial charge in [0.15, 0.2) is 5.78 Å². The summed E-state index contributed by atoms with van der Waals surface area (Å²) >= 11 is 0. The zero-order valence-electron chi connectivity index (χ0n) is 10.6. The van der Waals surface area contributed by atoms with E-state index in [1.54, 1.807) is 19.2 Å². The van der Waals surface area contributed by atoms with Crippen LogP contribution < -0.4 is 4.74 Å². The Morgan fingerprint density at radius 1 is 1.39 bits per heavy atom. The average Bonchev–Trinajstić information content (AvgIpc) is 2.41. The van der Waals surface area contributed by atoms with Gasteiger partial charge in [-0.2, -0.15) is 0 Å². The lowest BCUT2D eigenvalue weighted by atomic mass is 9.81. The molecule has 1 unspecified atom stereocenters. The van der Waals surface area contributed by atoms with Crippen LogP contribution in [0.2, 0.25) is 0 Å². The van der Waals surface area contributed by atoms with Crippen LogP contribution in [0.15, 0.2) is 18.2 Å². The fourth-order valence-corrected chi connectivity index (χ4v) is 2.30. The molecule has 1 aromatic carbocycles. The summed E-state index contributed by atoms with van der Waals surface area (Å²) in [5, 5.41) is 0. The summed E-state index contributed by atoms with van der Waals surface area (Å²) < 4.78 is 9.75. The van der Waals surface area contributed by atoms with Crippen LogP contribution in [-0.2, 0) is 16.0 Å². The Morgan fingerprint density at radius 2 is 2.17 bits per heavy atom. The van der Waals surface area contributed by atoms with Crippen molar-refractivity contribution in [3.63, 3.8) is 0 Å². The zero-order chi connectivity index (χ0) is 13.1. The predicted octanol–water partition coefficient (Wildman–Crippen LogP) is 2.00. The van der Waals surface area contributed by atoms with Crippen LogP contribution >= 0.6 is 0 Å². The molecule has 1 aliphatic rings. The molecule has 2 rings (SSSR count). The largest absolute Gasteiger partial charge is 0.497 e. The van der Waals surface area contributed by atoms with Gasteiger partial charge in [0.25, 0.3) is 0 Å². The maximum Gasteiger partial charge on any atom is 0.306 e. The molecule has 0 bridgehead atoms. The Bertz CT molecular complexity index is 479. The molecule has 0 saturated heterocycles. The molecule has 0 N–H and O–H groups in total. The van der Waals surface area contributed by atoms with Gasteiger partial charge in [0, 0.05) is 11.5 Å². The molecule has 0 heterocycles. The molecule has 0 radical (unpaired) electrons. The fraction of sp³-hybridized carbons (Fsp3) is 0.429. The van der Waals surface area contributed by atoms with Gasteiger partial charge >= 0.3 is 5.97 Å². The highest BCUT2D eigenvalue weighted by atomic mass is 16.5. The van der Waals surface area contributed by atoms with E-state index in [1.807, 2.05) is 6.07 Å². The number of benzene rings is 1. The first-order valence-corrected chi connectivity index (χ1v) is 5.93. The number of hydrogen-bond acceptors (Lipinski definition) is 4. The minimum absolute atomic E-state index is 0.0318. The summed E-state index contributed by atoms with van der Waals surface area (Å²) in [5.41, 5.74) is 1.71. The topological polar surface area (TPSA) is 52.6 Å². The third kappa shape index (κ3) is 2.37. The maximum absolute atomic E-state index is 12.2. The Labute approximate surface area is 106 Å². The van der Waals surface area contributed by atoms with Gasteiger partial charge in [-0.05, 0) is 36.6 Å². The van der Waals surface area contributed by atoms with E-state index in [4.69, 9.17) is 4.74 Å². The van der Waals surface area contributed by atoms with Crippen LogP contribution in [0.4, 0.5) is 0 Å². The molecule has 1 aliphatic carbocycles. The average molecular weight is 248 g/mol. The van der Waals surface area contributed by atoms with Gasteiger partial charge < -0.3 is 9.47 Å². The van der Waals surface area contributed by atoms with Crippen LogP contribution in [0, 0.1) is 5.92 Å². The van der Waals surface area contributed by atoms with Crippen LogP contribution in [0.1, 0.15) is 28.8 Å². The van der Waals surface area contributed by atoms with E-state index in [9.17, 15) is 9.59 Å². The molecule has 0 aliphatic heterocycles. The Hall–Kier alpha value is -1.84. The SMILES string of the molecule is COC(=O)CC1CCc2cc(OC)ccc2C1=O. The summed E-state index contributed by atoms with van der Waals surface area (Å²) in [5.74, 6) is 0.209. The summed E-state index contributed by atoms with van der Waals surface area (Å²) in [6.45, 7) is 0.